The molecular formula is C28H39ClO7. The molecule has 36 heavy (non-hydrogen) atoms. The maximum Gasteiger partial charge on any atom is 0.306 e. The highest BCUT2D eigenvalue weighted by Crippen LogP contribution is 2.70. The van der Waals surface area contributed by atoms with Gasteiger partial charge in [0.1, 0.15) is 0 Å². The molecule has 0 saturated heterocycles. The summed E-state index contributed by atoms with van der Waals surface area (Å²) in [5.74, 6) is -2.04. The Morgan fingerprint density at radius 1 is 1.17 bits per heavy atom. The Morgan fingerprint density at radius 3 is 2.47 bits per heavy atom. The third kappa shape index (κ3) is 3.87. The molecule has 200 valence electrons. The number of carbonyl (C=O) groups is 4. The van der Waals surface area contributed by atoms with Gasteiger partial charge in [0, 0.05) is 36.0 Å². The largest absolute Gasteiger partial charge is 0.457 e. The first-order valence-electron chi connectivity index (χ1n) is 13.3. The Kier molecular flexibility index (Phi) is 7.24. The molecule has 1 N–H and O–H groups in total. The first-order valence-corrected chi connectivity index (χ1v) is 13.8. The summed E-state index contributed by atoms with van der Waals surface area (Å²) < 4.78 is 11.3. The summed E-state index contributed by atoms with van der Waals surface area (Å²) in [6.07, 6.45) is 3.70. The monoisotopic (exact) mass is 522 g/mol. The molecule has 0 aromatic heterocycles. The van der Waals surface area contributed by atoms with Gasteiger partial charge in [-0.15, -0.1) is 11.6 Å². The van der Waals surface area contributed by atoms with Crippen molar-refractivity contribution in [2.24, 2.45) is 34.5 Å². The lowest BCUT2D eigenvalue weighted by molar-refractivity contribution is -0.207. The molecule has 0 radical (unpaired) electrons. The van der Waals surface area contributed by atoms with Crippen LogP contribution in [0.3, 0.4) is 0 Å². The smallest absolute Gasteiger partial charge is 0.306 e. The van der Waals surface area contributed by atoms with Crippen molar-refractivity contribution in [2.45, 2.75) is 96.6 Å². The predicted octanol–water partition coefficient (Wildman–Crippen LogP) is 4.17. The number of aliphatic hydroxyl groups is 1. The zero-order valence-corrected chi connectivity index (χ0v) is 22.7. The molecule has 8 heteroatoms. The molecule has 0 aromatic carbocycles. The van der Waals surface area contributed by atoms with Crippen LogP contribution in [-0.2, 0) is 28.7 Å². The molecule has 0 spiro atoms. The molecule has 0 aromatic rings. The first-order chi connectivity index (χ1) is 16.9. The van der Waals surface area contributed by atoms with Crippen LogP contribution in [0.2, 0.25) is 0 Å². The second-order valence-corrected chi connectivity index (χ2v) is 12.4. The van der Waals surface area contributed by atoms with Gasteiger partial charge in [0.05, 0.1) is 6.10 Å². The fourth-order valence-corrected chi connectivity index (χ4v) is 8.89. The number of rotatable bonds is 6. The number of carbonyl (C=O) groups excluding carboxylic acids is 4. The summed E-state index contributed by atoms with van der Waals surface area (Å²) in [4.78, 5) is 50.7. The first kappa shape index (κ1) is 27.3. The van der Waals surface area contributed by atoms with E-state index in [4.69, 9.17) is 21.1 Å². The van der Waals surface area contributed by atoms with E-state index in [1.807, 2.05) is 13.8 Å². The van der Waals surface area contributed by atoms with Gasteiger partial charge in [0.25, 0.3) is 0 Å². The minimum atomic E-state index is -1.53. The number of hydrogen-bond donors (Lipinski definition) is 1. The van der Waals surface area contributed by atoms with E-state index in [9.17, 15) is 24.3 Å². The maximum absolute atomic E-state index is 13.9. The summed E-state index contributed by atoms with van der Waals surface area (Å²) in [7, 11) is 0. The second kappa shape index (κ2) is 9.54. The van der Waals surface area contributed by atoms with Crippen molar-refractivity contribution in [2.75, 3.05) is 6.61 Å². The van der Waals surface area contributed by atoms with Crippen LogP contribution in [0.5, 0.6) is 0 Å². The molecule has 3 fully saturated rings. The number of fused-ring (bicyclic) bond motifs is 5. The van der Waals surface area contributed by atoms with Gasteiger partial charge in [-0.1, -0.05) is 40.2 Å². The van der Waals surface area contributed by atoms with Gasteiger partial charge in [0.15, 0.2) is 18.0 Å². The summed E-state index contributed by atoms with van der Waals surface area (Å²) in [6, 6.07) is 0. The average molecular weight is 523 g/mol. The van der Waals surface area contributed by atoms with Crippen LogP contribution in [0.1, 0.15) is 79.6 Å². The third-order valence-electron chi connectivity index (χ3n) is 10.1. The van der Waals surface area contributed by atoms with Crippen LogP contribution in [0.25, 0.3) is 0 Å². The second-order valence-electron chi connectivity index (χ2n) is 11.8. The number of aliphatic hydroxyl groups excluding tert-OH is 1. The molecule has 4 rings (SSSR count). The van der Waals surface area contributed by atoms with E-state index < -0.39 is 41.4 Å². The van der Waals surface area contributed by atoms with Gasteiger partial charge in [-0.05, 0) is 54.9 Å². The highest BCUT2D eigenvalue weighted by molar-refractivity contribution is 6.21. The molecule has 9 atom stereocenters. The molecule has 0 aliphatic heterocycles. The molecule has 0 bridgehead atoms. The maximum atomic E-state index is 13.9. The van der Waals surface area contributed by atoms with Gasteiger partial charge in [-0.3, -0.25) is 19.2 Å². The molecule has 0 amide bonds. The van der Waals surface area contributed by atoms with Gasteiger partial charge in [-0.2, -0.15) is 0 Å². The van der Waals surface area contributed by atoms with E-state index in [0.29, 0.717) is 25.7 Å². The highest BCUT2D eigenvalue weighted by Gasteiger charge is 2.74. The van der Waals surface area contributed by atoms with E-state index in [1.54, 1.807) is 19.9 Å². The number of esters is 2. The zero-order chi connectivity index (χ0) is 26.6. The number of hydrogen-bond acceptors (Lipinski definition) is 7. The van der Waals surface area contributed by atoms with Crippen molar-refractivity contribution in [3.63, 3.8) is 0 Å². The van der Waals surface area contributed by atoms with Crippen LogP contribution >= 0.6 is 11.6 Å². The standard InChI is InChI=1S/C28H39ClO7/c1-6-22(33)35-14-21(32)28(36-23(34)7-2)15(3)10-18-24-19(29)12-16-11-17(30)8-9-26(16,4)25(24)20(31)13-27(18,28)5/h11,15,18-20,24-25,31H,6-10,12-14H2,1-5H3. The van der Waals surface area contributed by atoms with E-state index in [0.717, 1.165) is 5.57 Å². The van der Waals surface area contributed by atoms with Crippen LogP contribution in [0, 0.1) is 34.5 Å². The third-order valence-corrected chi connectivity index (χ3v) is 10.5. The van der Waals surface area contributed by atoms with Gasteiger partial charge in [0.2, 0.25) is 5.78 Å². The number of Topliss-reactive ketones (excluding diaryl/α,β-unsaturated/α-hetero) is 1. The fraction of sp³-hybridized carbons (Fsp3) is 0.786. The highest BCUT2D eigenvalue weighted by atomic mass is 35.5. The molecule has 4 aliphatic rings. The van der Waals surface area contributed by atoms with Crippen molar-refractivity contribution in [3.05, 3.63) is 11.6 Å². The summed E-state index contributed by atoms with van der Waals surface area (Å²) in [5.41, 5.74) is -1.75. The molecule has 4 aliphatic carbocycles. The van der Waals surface area contributed by atoms with E-state index in [1.165, 1.54) is 0 Å². The molecule has 0 heterocycles. The number of halogens is 1. The normalized spacial score (nSPS) is 43.5. The fourth-order valence-electron chi connectivity index (χ4n) is 8.39. The average Bonchev–Trinajstić information content (AvgIpc) is 3.04. The van der Waals surface area contributed by atoms with Crippen LogP contribution < -0.4 is 0 Å². The molecule has 9 unspecified atom stereocenters. The SMILES string of the molecule is CCC(=O)OCC(=O)C1(OC(=O)CC)C(C)CC2C3C(Cl)CC4=CC(=O)CCC4(C)C3C(O)CC21C. The predicted molar refractivity (Wildman–Crippen MR) is 133 cm³/mol. The van der Waals surface area contributed by atoms with E-state index in [-0.39, 0.29) is 59.5 Å². The Bertz CT molecular complexity index is 990. The Labute approximate surface area is 218 Å². The van der Waals surface area contributed by atoms with Crippen molar-refractivity contribution < 1.29 is 33.8 Å². The van der Waals surface area contributed by atoms with Crippen molar-refractivity contribution in [1.29, 1.82) is 0 Å². The number of ether oxygens (including phenoxy) is 2. The number of alkyl halides is 1. The van der Waals surface area contributed by atoms with Crippen LogP contribution in [0.4, 0.5) is 0 Å². The van der Waals surface area contributed by atoms with Gasteiger partial charge in [-0.25, -0.2) is 0 Å². The van der Waals surface area contributed by atoms with E-state index in [2.05, 4.69) is 6.92 Å². The number of ketones is 2. The Morgan fingerprint density at radius 2 is 1.83 bits per heavy atom. The summed E-state index contributed by atoms with van der Waals surface area (Å²) in [6.45, 7) is 8.83. The zero-order valence-electron chi connectivity index (χ0n) is 22.0. The lowest BCUT2D eigenvalue weighted by atomic mass is 9.45. The number of allylic oxidation sites excluding steroid dienone is 1. The van der Waals surface area contributed by atoms with Gasteiger partial charge < -0.3 is 14.6 Å². The van der Waals surface area contributed by atoms with Crippen molar-refractivity contribution in [1.82, 2.24) is 0 Å². The van der Waals surface area contributed by atoms with E-state index >= 15 is 0 Å². The van der Waals surface area contributed by atoms with Crippen molar-refractivity contribution >= 4 is 35.1 Å². The summed E-state index contributed by atoms with van der Waals surface area (Å²) in [5, 5.41) is 11.4. The summed E-state index contributed by atoms with van der Waals surface area (Å²) >= 11 is 7.06. The quantitative estimate of drug-likeness (QED) is 0.412. The van der Waals surface area contributed by atoms with Crippen LogP contribution in [0.15, 0.2) is 11.6 Å². The van der Waals surface area contributed by atoms with Crippen LogP contribution in [-0.4, -0.2) is 52.3 Å². The van der Waals surface area contributed by atoms with Gasteiger partial charge >= 0.3 is 11.9 Å². The Balaban J connectivity index is 1.79. The Hall–Kier alpha value is -1.73. The molecule has 7 nitrogen and oxygen atoms in total. The van der Waals surface area contributed by atoms with Crippen molar-refractivity contribution in [3.8, 4) is 0 Å². The molecular weight excluding hydrogens is 484 g/mol. The molecule has 3 saturated carbocycles. The lowest BCUT2D eigenvalue weighted by Gasteiger charge is -2.61. The minimum absolute atomic E-state index is 0.0881. The topological polar surface area (TPSA) is 107 Å². The minimum Gasteiger partial charge on any atom is -0.457 e. The lowest BCUT2D eigenvalue weighted by Crippen LogP contribution is -2.65.